The molecule has 2 heterocycles. The molecule has 15 heteroatoms. The Morgan fingerprint density at radius 1 is 1.15 bits per heavy atom. The van der Waals surface area contributed by atoms with Gasteiger partial charge in [0.2, 0.25) is 20.0 Å². The minimum absolute atomic E-state index is 0.0227. The molecule has 0 fully saturated rings. The zero-order chi connectivity index (χ0) is 24.7. The Balaban J connectivity index is 2.09. The third kappa shape index (κ3) is 4.30. The van der Waals surface area contributed by atoms with Crippen LogP contribution in [0, 0.1) is 0 Å². The van der Waals surface area contributed by atoms with Crippen LogP contribution in [0.25, 0.3) is 22.2 Å². The molecule has 1 aromatic heterocycles. The molecular formula is C19H23N9O4S2. The fraction of sp³-hybridized carbons (Fsp3) is 0.263. The molecule has 1 aliphatic heterocycles. The lowest BCUT2D eigenvalue weighted by Gasteiger charge is -2.19. The van der Waals surface area contributed by atoms with Gasteiger partial charge in [-0.25, -0.2) is 36.7 Å². The quantitative estimate of drug-likeness (QED) is 0.293. The third-order valence-corrected chi connectivity index (χ3v) is 7.97. The topological polar surface area (TPSA) is 224 Å². The molecule has 34 heavy (non-hydrogen) atoms. The van der Waals surface area contributed by atoms with Gasteiger partial charge in [0, 0.05) is 18.2 Å². The van der Waals surface area contributed by atoms with Gasteiger partial charge in [0.25, 0.3) is 0 Å². The number of fused-ring (bicyclic) bond motifs is 1. The van der Waals surface area contributed by atoms with Crippen LogP contribution in [-0.4, -0.2) is 51.9 Å². The lowest BCUT2D eigenvalue weighted by Crippen LogP contribution is -2.40. The molecule has 13 nitrogen and oxygen atoms in total. The first-order valence-corrected chi connectivity index (χ1v) is 13.2. The van der Waals surface area contributed by atoms with Gasteiger partial charge in [-0.05, 0) is 24.1 Å². The Hall–Kier alpha value is -3.24. The van der Waals surface area contributed by atoms with Crippen molar-refractivity contribution in [3.63, 3.8) is 0 Å². The number of nitrogens with one attached hydrogen (secondary N) is 2. The minimum Gasteiger partial charge on any atom is -0.369 e. The Bertz CT molecular complexity index is 1540. The summed E-state index contributed by atoms with van der Waals surface area (Å²) in [5, 5.41) is 13.3. The molecule has 0 saturated carbocycles. The van der Waals surface area contributed by atoms with Gasteiger partial charge in [-0.15, -0.1) is 5.11 Å². The van der Waals surface area contributed by atoms with Gasteiger partial charge in [-0.3, -0.25) is 0 Å². The highest BCUT2D eigenvalue weighted by molar-refractivity contribution is 7.92. The Morgan fingerprint density at radius 3 is 2.53 bits per heavy atom. The van der Waals surface area contributed by atoms with Crippen molar-refractivity contribution < 1.29 is 16.8 Å². The van der Waals surface area contributed by atoms with Gasteiger partial charge >= 0.3 is 0 Å². The van der Waals surface area contributed by atoms with Crippen molar-refractivity contribution in [3.05, 3.63) is 35.9 Å². The zero-order valence-electron chi connectivity index (χ0n) is 18.1. The molecule has 2 aromatic carbocycles. The number of amidine groups is 1. The SMILES string of the molecule is CC[C@H](CN)NS(=O)(=O)c1ccc(-c2cccc3[nH]c(N)nc23)c(C2=NCN=N2)c1S(N)(=O)=O. The molecule has 0 bridgehead atoms. The van der Waals surface area contributed by atoms with E-state index in [1.165, 1.54) is 12.1 Å². The maximum absolute atomic E-state index is 13.2. The maximum Gasteiger partial charge on any atom is 0.242 e. The minimum atomic E-state index is -4.60. The molecule has 0 radical (unpaired) electrons. The van der Waals surface area contributed by atoms with Gasteiger partial charge in [-0.1, -0.05) is 25.1 Å². The number of sulfonamides is 2. The molecule has 0 spiro atoms. The lowest BCUT2D eigenvalue weighted by molar-refractivity contribution is 0.539. The van der Waals surface area contributed by atoms with Crippen LogP contribution in [0.2, 0.25) is 0 Å². The number of nitrogens with zero attached hydrogens (tertiary/aromatic N) is 4. The monoisotopic (exact) mass is 505 g/mol. The maximum atomic E-state index is 13.2. The van der Waals surface area contributed by atoms with E-state index in [1.807, 2.05) is 0 Å². The van der Waals surface area contributed by atoms with E-state index in [1.54, 1.807) is 25.1 Å². The van der Waals surface area contributed by atoms with Gasteiger partial charge in [0.15, 0.2) is 18.5 Å². The highest BCUT2D eigenvalue weighted by Gasteiger charge is 2.33. The van der Waals surface area contributed by atoms with E-state index in [-0.39, 0.29) is 30.6 Å². The van der Waals surface area contributed by atoms with E-state index < -0.39 is 35.9 Å². The first-order valence-electron chi connectivity index (χ1n) is 10.2. The number of aromatic nitrogens is 2. The Morgan fingerprint density at radius 2 is 1.91 bits per heavy atom. The number of H-pyrrole nitrogens is 1. The number of benzene rings is 2. The summed E-state index contributed by atoms with van der Waals surface area (Å²) >= 11 is 0. The summed E-state index contributed by atoms with van der Waals surface area (Å²) in [7, 11) is -8.94. The van der Waals surface area contributed by atoms with E-state index in [0.29, 0.717) is 28.6 Å². The number of primary sulfonamides is 1. The normalized spacial score (nSPS) is 15.1. The zero-order valence-corrected chi connectivity index (χ0v) is 19.7. The molecule has 1 atom stereocenters. The summed E-state index contributed by atoms with van der Waals surface area (Å²) in [6, 6.07) is 7.17. The summed E-state index contributed by atoms with van der Waals surface area (Å²) in [5.41, 5.74) is 13.2. The number of hydrogen-bond acceptors (Lipinski definition) is 10. The molecule has 0 saturated heterocycles. The molecule has 180 valence electrons. The van der Waals surface area contributed by atoms with E-state index in [4.69, 9.17) is 16.6 Å². The first kappa shape index (κ1) is 23.9. The number of aliphatic imine (C=N–C) groups is 1. The van der Waals surface area contributed by atoms with Crippen LogP contribution in [0.3, 0.4) is 0 Å². The van der Waals surface area contributed by atoms with Crippen LogP contribution < -0.4 is 21.3 Å². The number of nitrogen functional groups attached to an aromatic ring is 1. The number of nitrogens with two attached hydrogens (primary N) is 3. The molecule has 3 aromatic rings. The fourth-order valence-electron chi connectivity index (χ4n) is 3.71. The number of rotatable bonds is 8. The predicted molar refractivity (Wildman–Crippen MR) is 127 cm³/mol. The van der Waals surface area contributed by atoms with E-state index in [2.05, 4.69) is 29.9 Å². The molecule has 8 N–H and O–H groups in total. The largest absolute Gasteiger partial charge is 0.369 e. The van der Waals surface area contributed by atoms with Crippen LogP contribution in [-0.2, 0) is 20.0 Å². The van der Waals surface area contributed by atoms with Crippen molar-refractivity contribution in [2.24, 2.45) is 26.1 Å². The summed E-state index contributed by atoms with van der Waals surface area (Å²) in [6.45, 7) is 1.73. The van der Waals surface area contributed by atoms with E-state index >= 15 is 0 Å². The van der Waals surface area contributed by atoms with Crippen LogP contribution >= 0.6 is 0 Å². The van der Waals surface area contributed by atoms with Gasteiger partial charge in [-0.2, -0.15) is 5.11 Å². The number of anilines is 1. The second-order valence-corrected chi connectivity index (χ2v) is 10.7. The van der Waals surface area contributed by atoms with Crippen LogP contribution in [0.4, 0.5) is 5.95 Å². The smallest absolute Gasteiger partial charge is 0.242 e. The van der Waals surface area contributed by atoms with Crippen molar-refractivity contribution in [2.75, 3.05) is 18.9 Å². The standard InChI is InChI=1S/C19H23N9O4S2/c1-2-10(8-20)28-34(31,32)14-7-6-11(12-4-3-5-13-16(12)26-19(21)25-13)15(17(14)33(22,29)30)18-23-9-24-27-18/h3-7,10,28H,2,8-9,20H2,1H3,(H3,21,25,26)(H2,22,29,30)/t10-/m1/s1. The molecule has 0 aliphatic carbocycles. The first-order chi connectivity index (χ1) is 16.1. The van der Waals surface area contributed by atoms with Crippen molar-refractivity contribution in [1.29, 1.82) is 0 Å². The molecule has 1 aliphatic rings. The Kier molecular flexibility index (Phi) is 6.22. The van der Waals surface area contributed by atoms with Crippen molar-refractivity contribution in [1.82, 2.24) is 14.7 Å². The lowest BCUT2D eigenvalue weighted by atomic mass is 9.97. The summed E-state index contributed by atoms with van der Waals surface area (Å²) < 4.78 is 54.6. The van der Waals surface area contributed by atoms with Gasteiger partial charge in [0.05, 0.1) is 16.6 Å². The predicted octanol–water partition coefficient (Wildman–Crippen LogP) is 0.645. The Labute approximate surface area is 195 Å². The number of azo groups is 1. The average Bonchev–Trinajstić information content (AvgIpc) is 3.44. The molecule has 0 unspecified atom stereocenters. The molecular weight excluding hydrogens is 482 g/mol. The van der Waals surface area contributed by atoms with Gasteiger partial charge < -0.3 is 16.5 Å². The second kappa shape index (κ2) is 8.84. The van der Waals surface area contributed by atoms with Crippen LogP contribution in [0.15, 0.2) is 55.3 Å². The molecule has 0 amide bonds. The number of hydrogen-bond donors (Lipinski definition) is 5. The summed E-state index contributed by atoms with van der Waals surface area (Å²) in [5.74, 6) is 0.0896. The van der Waals surface area contributed by atoms with Crippen molar-refractivity contribution >= 4 is 42.9 Å². The van der Waals surface area contributed by atoms with E-state index in [9.17, 15) is 16.8 Å². The third-order valence-electron chi connectivity index (χ3n) is 5.29. The molecule has 4 rings (SSSR count). The average molecular weight is 506 g/mol. The highest BCUT2D eigenvalue weighted by atomic mass is 32.2. The van der Waals surface area contributed by atoms with Crippen molar-refractivity contribution in [3.8, 4) is 11.1 Å². The van der Waals surface area contributed by atoms with Crippen LogP contribution in [0.1, 0.15) is 18.9 Å². The van der Waals surface area contributed by atoms with Gasteiger partial charge in [0.1, 0.15) is 9.79 Å². The number of para-hydroxylation sites is 1. The van der Waals surface area contributed by atoms with Crippen LogP contribution in [0.5, 0.6) is 0 Å². The summed E-state index contributed by atoms with van der Waals surface area (Å²) in [4.78, 5) is 10.1. The van der Waals surface area contributed by atoms with E-state index in [0.717, 1.165) is 0 Å². The fourth-order valence-corrected chi connectivity index (χ4v) is 6.65. The number of imidazole rings is 1. The second-order valence-electron chi connectivity index (χ2n) is 7.51. The highest BCUT2D eigenvalue weighted by Crippen LogP contribution is 2.37. The number of aromatic amines is 1. The van der Waals surface area contributed by atoms with Crippen molar-refractivity contribution in [2.45, 2.75) is 29.2 Å². The summed E-state index contributed by atoms with van der Waals surface area (Å²) in [6.07, 6.45) is 0.398.